The van der Waals surface area contributed by atoms with Crippen LogP contribution in [0.5, 0.6) is 0 Å². The summed E-state index contributed by atoms with van der Waals surface area (Å²) >= 11 is 0. The molecule has 0 radical (unpaired) electrons. The molecule has 0 bridgehead atoms. The van der Waals surface area contributed by atoms with Crippen LogP contribution in [0.4, 0.5) is 0 Å². The van der Waals surface area contributed by atoms with E-state index in [1.54, 1.807) is 6.92 Å². The maximum Gasteiger partial charge on any atom is 0.242 e. The second-order valence-electron chi connectivity index (χ2n) is 3.63. The number of nitrogens with two attached hydrogens (primary N) is 1. The molecule has 0 heterocycles. The van der Waals surface area contributed by atoms with Crippen LogP contribution in [0.3, 0.4) is 0 Å². The van der Waals surface area contributed by atoms with Gasteiger partial charge in [-0.25, -0.2) is 0 Å². The van der Waals surface area contributed by atoms with Gasteiger partial charge >= 0.3 is 0 Å². The minimum atomic E-state index is -0.477. The van der Waals surface area contributed by atoms with Crippen molar-refractivity contribution in [3.63, 3.8) is 0 Å². The van der Waals surface area contributed by atoms with Gasteiger partial charge in [0.2, 0.25) is 11.8 Å². The van der Waals surface area contributed by atoms with Gasteiger partial charge in [0, 0.05) is 12.6 Å². The maximum absolute atomic E-state index is 11.4. The Labute approximate surface area is 83.4 Å². The van der Waals surface area contributed by atoms with Gasteiger partial charge in [0.1, 0.15) is 6.04 Å². The van der Waals surface area contributed by atoms with E-state index in [0.717, 1.165) is 6.42 Å². The van der Waals surface area contributed by atoms with Crippen LogP contribution in [-0.2, 0) is 9.59 Å². The Hall–Kier alpha value is -1.10. The van der Waals surface area contributed by atoms with Crippen molar-refractivity contribution >= 4 is 11.8 Å². The molecule has 1 aliphatic rings. The summed E-state index contributed by atoms with van der Waals surface area (Å²) in [5.74, 6) is -0.363. The summed E-state index contributed by atoms with van der Waals surface area (Å²) in [6.45, 7) is 4.07. The van der Waals surface area contributed by atoms with Crippen LogP contribution in [0.2, 0.25) is 0 Å². The fourth-order valence-electron chi connectivity index (χ4n) is 1.23. The minimum absolute atomic E-state index is 0.0172. The molecular formula is C9H17N3O2. The quantitative estimate of drug-likeness (QED) is 0.541. The summed E-state index contributed by atoms with van der Waals surface area (Å²) in [7, 11) is 0. The summed E-state index contributed by atoms with van der Waals surface area (Å²) in [6.07, 6.45) is 0.730. The lowest BCUT2D eigenvalue weighted by Crippen LogP contribution is -2.45. The van der Waals surface area contributed by atoms with Gasteiger partial charge in [-0.15, -0.1) is 0 Å². The second kappa shape index (κ2) is 4.41. The second-order valence-corrected chi connectivity index (χ2v) is 3.63. The zero-order valence-corrected chi connectivity index (χ0v) is 8.54. The van der Waals surface area contributed by atoms with Crippen molar-refractivity contribution in [2.45, 2.75) is 32.4 Å². The Bertz CT molecular complexity index is 242. The van der Waals surface area contributed by atoms with E-state index in [4.69, 9.17) is 5.73 Å². The average Bonchev–Trinajstić information content (AvgIpc) is 2.83. The number of carbonyl (C=O) groups excluding carboxylic acids is 2. The molecule has 2 amide bonds. The van der Waals surface area contributed by atoms with Crippen molar-refractivity contribution in [1.29, 1.82) is 0 Å². The number of hydrogen-bond donors (Lipinski definition) is 3. The van der Waals surface area contributed by atoms with Gasteiger partial charge in [0.05, 0.1) is 5.92 Å². The summed E-state index contributed by atoms with van der Waals surface area (Å²) in [6, 6.07) is -0.494. The van der Waals surface area contributed by atoms with E-state index in [2.05, 4.69) is 10.6 Å². The Balaban J connectivity index is 2.29. The van der Waals surface area contributed by atoms with E-state index in [9.17, 15) is 9.59 Å². The first kappa shape index (κ1) is 11.0. The summed E-state index contributed by atoms with van der Waals surface area (Å²) in [5, 5.41) is 5.26. The smallest absolute Gasteiger partial charge is 0.242 e. The fraction of sp³-hybridized carbons (Fsp3) is 0.778. The molecule has 1 rings (SSSR count). The van der Waals surface area contributed by atoms with Crippen LogP contribution in [0.25, 0.3) is 0 Å². The Morgan fingerprint density at radius 3 is 2.57 bits per heavy atom. The highest BCUT2D eigenvalue weighted by Crippen LogP contribution is 2.27. The lowest BCUT2D eigenvalue weighted by Gasteiger charge is -2.12. The third kappa shape index (κ3) is 2.70. The first-order valence-electron chi connectivity index (χ1n) is 4.90. The van der Waals surface area contributed by atoms with Crippen LogP contribution in [0.15, 0.2) is 0 Å². The third-order valence-electron chi connectivity index (χ3n) is 2.28. The number of carbonyl (C=O) groups is 2. The summed E-state index contributed by atoms with van der Waals surface area (Å²) < 4.78 is 0. The normalized spacial score (nSPS) is 26.5. The molecule has 1 aliphatic carbocycles. The maximum atomic E-state index is 11.4. The molecule has 5 nitrogen and oxygen atoms in total. The predicted octanol–water partition coefficient (Wildman–Crippen LogP) is -1.03. The SMILES string of the molecule is CCNC(=O)C(C)NC(=O)C1CC1N. The zero-order chi connectivity index (χ0) is 10.7. The number of rotatable bonds is 4. The molecule has 0 aromatic carbocycles. The van der Waals surface area contributed by atoms with Crippen LogP contribution in [0.1, 0.15) is 20.3 Å². The van der Waals surface area contributed by atoms with Crippen LogP contribution < -0.4 is 16.4 Å². The average molecular weight is 199 g/mol. The highest BCUT2D eigenvalue weighted by Gasteiger charge is 2.40. The number of nitrogens with one attached hydrogen (secondary N) is 2. The van der Waals surface area contributed by atoms with E-state index in [-0.39, 0.29) is 23.8 Å². The fourth-order valence-corrected chi connectivity index (χ4v) is 1.23. The van der Waals surface area contributed by atoms with Gasteiger partial charge in [-0.05, 0) is 20.3 Å². The highest BCUT2D eigenvalue weighted by atomic mass is 16.2. The monoisotopic (exact) mass is 199 g/mol. The lowest BCUT2D eigenvalue weighted by molar-refractivity contribution is -0.129. The van der Waals surface area contributed by atoms with Gasteiger partial charge in [-0.3, -0.25) is 9.59 Å². The topological polar surface area (TPSA) is 84.2 Å². The molecule has 0 aromatic rings. The van der Waals surface area contributed by atoms with Crippen LogP contribution in [-0.4, -0.2) is 30.4 Å². The molecule has 1 fully saturated rings. The predicted molar refractivity (Wildman–Crippen MR) is 52.4 cm³/mol. The lowest BCUT2D eigenvalue weighted by atomic mass is 10.3. The first-order valence-corrected chi connectivity index (χ1v) is 4.90. The Kier molecular flexibility index (Phi) is 3.46. The van der Waals surface area contributed by atoms with Crippen LogP contribution in [0, 0.1) is 5.92 Å². The van der Waals surface area contributed by atoms with Gasteiger partial charge < -0.3 is 16.4 Å². The zero-order valence-electron chi connectivity index (χ0n) is 8.54. The van der Waals surface area contributed by atoms with E-state index in [1.807, 2.05) is 6.92 Å². The standard InChI is InChI=1S/C9H17N3O2/c1-3-11-8(13)5(2)12-9(14)6-4-7(6)10/h5-7H,3-4,10H2,1-2H3,(H,11,13)(H,12,14). The number of hydrogen-bond acceptors (Lipinski definition) is 3. The molecule has 0 spiro atoms. The molecule has 0 aromatic heterocycles. The van der Waals surface area contributed by atoms with Crippen molar-refractivity contribution in [2.24, 2.45) is 11.7 Å². The van der Waals surface area contributed by atoms with E-state index in [1.165, 1.54) is 0 Å². The van der Waals surface area contributed by atoms with Gasteiger partial charge in [0.25, 0.3) is 0 Å². The van der Waals surface area contributed by atoms with E-state index >= 15 is 0 Å². The van der Waals surface area contributed by atoms with Crippen molar-refractivity contribution in [3.8, 4) is 0 Å². The molecule has 0 saturated heterocycles. The molecule has 3 unspecified atom stereocenters. The number of amides is 2. The molecule has 1 saturated carbocycles. The van der Waals surface area contributed by atoms with E-state index in [0.29, 0.717) is 6.54 Å². The summed E-state index contributed by atoms with van der Waals surface area (Å²) in [4.78, 5) is 22.6. The Morgan fingerprint density at radius 2 is 2.14 bits per heavy atom. The molecule has 5 heteroatoms. The van der Waals surface area contributed by atoms with Crippen LogP contribution >= 0.6 is 0 Å². The van der Waals surface area contributed by atoms with Gasteiger partial charge in [-0.1, -0.05) is 0 Å². The largest absolute Gasteiger partial charge is 0.355 e. The summed E-state index contributed by atoms with van der Waals surface area (Å²) in [5.41, 5.74) is 5.52. The van der Waals surface area contributed by atoms with Crippen molar-refractivity contribution in [1.82, 2.24) is 10.6 Å². The van der Waals surface area contributed by atoms with Crippen molar-refractivity contribution in [2.75, 3.05) is 6.54 Å². The third-order valence-corrected chi connectivity index (χ3v) is 2.28. The van der Waals surface area contributed by atoms with Crippen molar-refractivity contribution < 1.29 is 9.59 Å². The van der Waals surface area contributed by atoms with Gasteiger partial charge in [0.15, 0.2) is 0 Å². The first-order chi connectivity index (χ1) is 6.56. The molecule has 14 heavy (non-hydrogen) atoms. The molecule has 0 aliphatic heterocycles. The molecule has 80 valence electrons. The molecule has 3 atom stereocenters. The minimum Gasteiger partial charge on any atom is -0.355 e. The Morgan fingerprint density at radius 1 is 1.57 bits per heavy atom. The highest BCUT2D eigenvalue weighted by molar-refractivity contribution is 5.89. The van der Waals surface area contributed by atoms with Crippen molar-refractivity contribution in [3.05, 3.63) is 0 Å². The van der Waals surface area contributed by atoms with E-state index < -0.39 is 6.04 Å². The molecular weight excluding hydrogens is 182 g/mol. The van der Waals surface area contributed by atoms with Gasteiger partial charge in [-0.2, -0.15) is 0 Å². The molecule has 4 N–H and O–H groups in total. The number of likely N-dealkylation sites (N-methyl/N-ethyl adjacent to an activating group) is 1.